The van der Waals surface area contributed by atoms with Crippen molar-refractivity contribution in [3.63, 3.8) is 0 Å². The lowest BCUT2D eigenvalue weighted by atomic mass is 10.0. The Morgan fingerprint density at radius 1 is 1.20 bits per heavy atom. The number of pyridine rings is 1. The van der Waals surface area contributed by atoms with Gasteiger partial charge in [-0.15, -0.1) is 11.3 Å². The maximum absolute atomic E-state index is 12.8. The number of aliphatic hydroxyl groups excluding tert-OH is 2. The highest BCUT2D eigenvalue weighted by atomic mass is 32.1. The van der Waals surface area contributed by atoms with Crippen LogP contribution in [0.1, 0.15) is 43.0 Å². The topological polar surface area (TPSA) is 136 Å². The van der Waals surface area contributed by atoms with Gasteiger partial charge in [-0.1, -0.05) is 0 Å². The SMILES string of the molecule is Cc1nc(NCC(F)(F)F)nc(NC2(O)CCC(CO)C2O)c1-c1nc2c(C3CC3)nccc2s1. The molecule has 3 atom stereocenters. The lowest BCUT2D eigenvalue weighted by molar-refractivity contribution is -0.115. The number of aromatic nitrogens is 4. The van der Waals surface area contributed by atoms with Gasteiger partial charge in [-0.05, 0) is 38.7 Å². The Bertz CT molecular complexity index is 1250. The molecule has 2 saturated carbocycles. The minimum atomic E-state index is -4.48. The van der Waals surface area contributed by atoms with Crippen LogP contribution in [-0.2, 0) is 0 Å². The molecule has 13 heteroatoms. The Morgan fingerprint density at radius 2 is 1.97 bits per heavy atom. The minimum Gasteiger partial charge on any atom is -0.396 e. The van der Waals surface area contributed by atoms with Crippen molar-refractivity contribution in [2.75, 3.05) is 23.8 Å². The molecule has 35 heavy (non-hydrogen) atoms. The number of hydrogen-bond acceptors (Lipinski definition) is 10. The Morgan fingerprint density at radius 3 is 2.63 bits per heavy atom. The van der Waals surface area contributed by atoms with E-state index in [1.165, 1.54) is 11.3 Å². The first-order chi connectivity index (χ1) is 16.6. The zero-order chi connectivity index (χ0) is 25.0. The van der Waals surface area contributed by atoms with E-state index in [9.17, 15) is 28.5 Å². The number of rotatable bonds is 7. The monoisotopic (exact) mass is 510 g/mol. The lowest BCUT2D eigenvalue weighted by Gasteiger charge is -2.31. The summed E-state index contributed by atoms with van der Waals surface area (Å²) in [6.07, 6.45) is -1.48. The molecule has 5 N–H and O–H groups in total. The average Bonchev–Trinajstić information content (AvgIpc) is 3.48. The van der Waals surface area contributed by atoms with Gasteiger partial charge in [0.15, 0.2) is 5.72 Å². The van der Waals surface area contributed by atoms with Crippen molar-refractivity contribution in [3.8, 4) is 10.6 Å². The molecule has 0 saturated heterocycles. The molecule has 0 radical (unpaired) electrons. The molecule has 9 nitrogen and oxygen atoms in total. The molecule has 2 fully saturated rings. The van der Waals surface area contributed by atoms with Crippen molar-refractivity contribution >= 4 is 33.3 Å². The second-order valence-corrected chi connectivity index (χ2v) is 10.2. The maximum atomic E-state index is 12.8. The summed E-state index contributed by atoms with van der Waals surface area (Å²) in [7, 11) is 0. The van der Waals surface area contributed by atoms with Crippen LogP contribution in [-0.4, -0.2) is 66.4 Å². The largest absolute Gasteiger partial charge is 0.405 e. The molecular formula is C22H25F3N6O3S. The number of nitrogens with one attached hydrogen (secondary N) is 2. The Kier molecular flexibility index (Phi) is 6.06. The predicted molar refractivity (Wildman–Crippen MR) is 124 cm³/mol. The molecule has 2 aliphatic carbocycles. The van der Waals surface area contributed by atoms with Gasteiger partial charge in [-0.2, -0.15) is 18.2 Å². The van der Waals surface area contributed by atoms with Crippen LogP contribution in [0.2, 0.25) is 0 Å². The summed E-state index contributed by atoms with van der Waals surface area (Å²) in [5, 5.41) is 36.8. The molecular weight excluding hydrogens is 485 g/mol. The van der Waals surface area contributed by atoms with Crippen LogP contribution in [0.4, 0.5) is 24.9 Å². The highest BCUT2D eigenvalue weighted by molar-refractivity contribution is 7.21. The van der Waals surface area contributed by atoms with E-state index in [1.807, 2.05) is 6.07 Å². The smallest absolute Gasteiger partial charge is 0.396 e. The molecule has 3 aromatic rings. The second-order valence-electron chi connectivity index (χ2n) is 9.14. The van der Waals surface area contributed by atoms with Crippen LogP contribution in [0.3, 0.4) is 0 Å². The summed E-state index contributed by atoms with van der Waals surface area (Å²) in [6.45, 7) is -0.0188. The summed E-state index contributed by atoms with van der Waals surface area (Å²) in [6, 6.07) is 1.85. The standard InChI is InChI=1S/C22H25F3N6O3S/c1-10-14(19-29-16-13(35-19)5-7-26-15(16)11-2-3-11)18(30-20(28-10)27-9-22(23,24)25)31-21(34)6-4-12(8-32)17(21)33/h5,7,11-12,17,32-34H,2-4,6,8-9H2,1H3,(H2,27,28,30,31). The average molecular weight is 511 g/mol. The normalized spacial score (nSPS) is 24.8. The fourth-order valence-corrected chi connectivity index (χ4v) is 5.52. The van der Waals surface area contributed by atoms with Crippen LogP contribution >= 0.6 is 11.3 Å². The van der Waals surface area contributed by atoms with Gasteiger partial charge in [0.1, 0.15) is 29.0 Å². The number of aliphatic hydroxyl groups is 3. The van der Waals surface area contributed by atoms with Crippen molar-refractivity contribution in [1.82, 2.24) is 19.9 Å². The van der Waals surface area contributed by atoms with E-state index in [1.54, 1.807) is 13.1 Å². The first-order valence-corrected chi connectivity index (χ1v) is 12.1. The third-order valence-corrected chi connectivity index (χ3v) is 7.49. The fourth-order valence-electron chi connectivity index (χ4n) is 4.45. The number of fused-ring (bicyclic) bond motifs is 1. The van der Waals surface area contributed by atoms with E-state index in [2.05, 4.69) is 25.6 Å². The van der Waals surface area contributed by atoms with Gasteiger partial charge in [-0.25, -0.2) is 9.97 Å². The summed E-state index contributed by atoms with van der Waals surface area (Å²) < 4.78 is 39.3. The predicted octanol–water partition coefficient (Wildman–Crippen LogP) is 3.17. The highest BCUT2D eigenvalue weighted by Crippen LogP contribution is 2.45. The van der Waals surface area contributed by atoms with Gasteiger partial charge in [-0.3, -0.25) is 4.98 Å². The number of halogens is 3. The van der Waals surface area contributed by atoms with Crippen LogP contribution in [0.25, 0.3) is 20.8 Å². The van der Waals surface area contributed by atoms with Gasteiger partial charge >= 0.3 is 6.18 Å². The molecule has 3 heterocycles. The van der Waals surface area contributed by atoms with E-state index in [4.69, 9.17) is 4.98 Å². The third-order valence-electron chi connectivity index (χ3n) is 6.45. The zero-order valence-electron chi connectivity index (χ0n) is 18.8. The number of aryl methyl sites for hydroxylation is 1. The molecule has 0 aromatic carbocycles. The van der Waals surface area contributed by atoms with E-state index < -0.39 is 30.5 Å². The molecule has 3 aromatic heterocycles. The van der Waals surface area contributed by atoms with Crippen molar-refractivity contribution in [2.24, 2.45) is 5.92 Å². The molecule has 2 aliphatic rings. The van der Waals surface area contributed by atoms with Crippen molar-refractivity contribution in [2.45, 2.75) is 56.5 Å². The minimum absolute atomic E-state index is 0.0438. The molecule has 188 valence electrons. The number of anilines is 2. The molecule has 0 amide bonds. The van der Waals surface area contributed by atoms with E-state index >= 15 is 0 Å². The summed E-state index contributed by atoms with van der Waals surface area (Å²) in [4.78, 5) is 17.7. The van der Waals surface area contributed by atoms with Crippen molar-refractivity contribution in [1.29, 1.82) is 0 Å². The summed E-state index contributed by atoms with van der Waals surface area (Å²) in [5.41, 5.74) is 0.610. The third kappa shape index (κ3) is 4.77. The Hall–Kier alpha value is -2.61. The quantitative estimate of drug-likeness (QED) is 0.304. The first-order valence-electron chi connectivity index (χ1n) is 11.3. The number of nitrogens with zero attached hydrogens (tertiary/aromatic N) is 4. The molecule has 0 aliphatic heterocycles. The summed E-state index contributed by atoms with van der Waals surface area (Å²) >= 11 is 1.37. The van der Waals surface area contributed by atoms with Gasteiger partial charge in [0.05, 0.1) is 21.7 Å². The zero-order valence-corrected chi connectivity index (χ0v) is 19.6. The van der Waals surface area contributed by atoms with Crippen LogP contribution in [0.5, 0.6) is 0 Å². The maximum Gasteiger partial charge on any atom is 0.405 e. The molecule has 0 bridgehead atoms. The van der Waals surface area contributed by atoms with Crippen molar-refractivity contribution < 1.29 is 28.5 Å². The highest BCUT2D eigenvalue weighted by Gasteiger charge is 2.47. The number of hydrogen-bond donors (Lipinski definition) is 5. The molecule has 5 rings (SSSR count). The first kappa shape index (κ1) is 24.1. The van der Waals surface area contributed by atoms with Crippen LogP contribution in [0.15, 0.2) is 12.3 Å². The van der Waals surface area contributed by atoms with E-state index in [0.717, 1.165) is 28.8 Å². The molecule has 3 unspecified atom stereocenters. The fraction of sp³-hybridized carbons (Fsp3) is 0.545. The van der Waals surface area contributed by atoms with Gasteiger partial charge < -0.3 is 26.0 Å². The number of thiazole rings is 1. The van der Waals surface area contributed by atoms with E-state index in [0.29, 0.717) is 28.6 Å². The lowest BCUT2D eigenvalue weighted by Crippen LogP contribution is -2.48. The summed E-state index contributed by atoms with van der Waals surface area (Å²) in [5.74, 6) is -0.414. The second kappa shape index (κ2) is 8.80. The van der Waals surface area contributed by atoms with Crippen molar-refractivity contribution in [3.05, 3.63) is 23.7 Å². The number of alkyl halides is 3. The van der Waals surface area contributed by atoms with Gasteiger partial charge in [0.25, 0.3) is 0 Å². The van der Waals surface area contributed by atoms with Crippen LogP contribution in [0, 0.1) is 12.8 Å². The van der Waals surface area contributed by atoms with Gasteiger partial charge in [0.2, 0.25) is 5.95 Å². The van der Waals surface area contributed by atoms with E-state index in [-0.39, 0.29) is 24.8 Å². The Balaban J connectivity index is 1.58. The van der Waals surface area contributed by atoms with Crippen LogP contribution < -0.4 is 10.6 Å². The molecule has 0 spiro atoms. The van der Waals surface area contributed by atoms with Gasteiger partial charge in [0, 0.05) is 24.6 Å². The Labute approximate surface area is 202 Å².